The van der Waals surface area contributed by atoms with Gasteiger partial charge in [-0.15, -0.1) is 0 Å². The lowest BCUT2D eigenvalue weighted by molar-refractivity contribution is 0.0838. The predicted octanol–water partition coefficient (Wildman–Crippen LogP) is 3.26. The van der Waals surface area contributed by atoms with Gasteiger partial charge in [0.15, 0.2) is 5.65 Å². The van der Waals surface area contributed by atoms with E-state index in [-0.39, 0.29) is 0 Å². The van der Waals surface area contributed by atoms with Crippen molar-refractivity contribution in [1.82, 2.24) is 19.7 Å². The maximum absolute atomic E-state index is 5.45. The lowest BCUT2D eigenvalue weighted by Gasteiger charge is -2.19. The zero-order chi connectivity index (χ0) is 15.1. The van der Waals surface area contributed by atoms with Gasteiger partial charge >= 0.3 is 0 Å². The lowest BCUT2D eigenvalue weighted by atomic mass is 10.00. The van der Waals surface area contributed by atoms with Crippen LogP contribution in [0.25, 0.3) is 16.9 Å². The van der Waals surface area contributed by atoms with Gasteiger partial charge in [-0.2, -0.15) is 5.10 Å². The second-order valence-electron chi connectivity index (χ2n) is 5.99. The summed E-state index contributed by atoms with van der Waals surface area (Å²) in [5.41, 5.74) is 5.25. The number of H-pyrrole nitrogens is 1. The van der Waals surface area contributed by atoms with Crippen LogP contribution in [-0.4, -0.2) is 33.0 Å². The number of fused-ring (bicyclic) bond motifs is 1. The number of nitrogens with one attached hydrogen (secondary N) is 1. The Morgan fingerprint density at radius 3 is 2.73 bits per heavy atom. The van der Waals surface area contributed by atoms with Crippen LogP contribution in [-0.2, 0) is 4.74 Å². The van der Waals surface area contributed by atoms with E-state index in [9.17, 15) is 0 Å². The molecule has 2 aromatic heterocycles. The number of hydrogen-bond acceptors (Lipinski definition) is 3. The van der Waals surface area contributed by atoms with Gasteiger partial charge in [-0.1, -0.05) is 18.2 Å². The Bertz CT molecular complexity index is 811. The molecule has 114 valence electrons. The van der Waals surface area contributed by atoms with Crippen LogP contribution in [0.15, 0.2) is 24.3 Å². The molecule has 1 aliphatic rings. The van der Waals surface area contributed by atoms with Crippen LogP contribution in [0.1, 0.15) is 35.8 Å². The molecule has 0 atom stereocenters. The molecule has 22 heavy (non-hydrogen) atoms. The minimum absolute atomic E-state index is 0.464. The largest absolute Gasteiger partial charge is 0.381 e. The number of hydrogen-bond donors (Lipinski definition) is 1. The van der Waals surface area contributed by atoms with E-state index in [4.69, 9.17) is 9.72 Å². The highest BCUT2D eigenvalue weighted by molar-refractivity contribution is 5.76. The number of aromatic amines is 1. The maximum Gasteiger partial charge on any atom is 0.181 e. The molecular weight excluding hydrogens is 276 g/mol. The van der Waals surface area contributed by atoms with Crippen LogP contribution in [0.4, 0.5) is 0 Å². The van der Waals surface area contributed by atoms with Gasteiger partial charge in [0.05, 0.1) is 11.4 Å². The van der Waals surface area contributed by atoms with Gasteiger partial charge in [0.2, 0.25) is 0 Å². The number of para-hydroxylation sites is 1. The molecule has 0 saturated carbocycles. The maximum atomic E-state index is 5.45. The second kappa shape index (κ2) is 5.25. The number of ether oxygens (including phenoxy) is 1. The lowest BCUT2D eigenvalue weighted by Crippen LogP contribution is -2.15. The predicted molar refractivity (Wildman–Crippen MR) is 85.5 cm³/mol. The smallest absolute Gasteiger partial charge is 0.181 e. The Morgan fingerprint density at radius 1 is 1.18 bits per heavy atom. The van der Waals surface area contributed by atoms with E-state index in [0.717, 1.165) is 54.4 Å². The normalized spacial score (nSPS) is 16.5. The fourth-order valence-corrected chi connectivity index (χ4v) is 3.17. The number of aromatic nitrogens is 4. The van der Waals surface area contributed by atoms with E-state index in [1.54, 1.807) is 0 Å². The summed E-state index contributed by atoms with van der Waals surface area (Å²) in [5, 5.41) is 4.67. The van der Waals surface area contributed by atoms with Gasteiger partial charge in [-0.3, -0.25) is 0 Å². The SMILES string of the molecule is Cc1ccccc1-n1nc(C)c2[nH]c(C3CCOCC3)nc21. The van der Waals surface area contributed by atoms with Crippen LogP contribution < -0.4 is 0 Å². The molecule has 3 aromatic rings. The van der Waals surface area contributed by atoms with Gasteiger partial charge in [0.25, 0.3) is 0 Å². The molecule has 0 radical (unpaired) electrons. The van der Waals surface area contributed by atoms with Crippen molar-refractivity contribution in [2.24, 2.45) is 0 Å². The zero-order valence-corrected chi connectivity index (χ0v) is 13.0. The van der Waals surface area contributed by atoms with Crippen LogP contribution >= 0.6 is 0 Å². The first-order valence-electron chi connectivity index (χ1n) is 7.83. The first-order valence-corrected chi connectivity index (χ1v) is 7.83. The van der Waals surface area contributed by atoms with E-state index in [0.29, 0.717) is 5.92 Å². The van der Waals surface area contributed by atoms with Crippen molar-refractivity contribution in [2.75, 3.05) is 13.2 Å². The molecule has 1 aliphatic heterocycles. The molecule has 3 heterocycles. The first kappa shape index (κ1) is 13.5. The summed E-state index contributed by atoms with van der Waals surface area (Å²) in [6.45, 7) is 5.78. The monoisotopic (exact) mass is 296 g/mol. The quantitative estimate of drug-likeness (QED) is 0.789. The highest BCUT2D eigenvalue weighted by Crippen LogP contribution is 2.28. The summed E-state index contributed by atoms with van der Waals surface area (Å²) >= 11 is 0. The Labute approximate surface area is 129 Å². The van der Waals surface area contributed by atoms with Gasteiger partial charge < -0.3 is 9.72 Å². The Morgan fingerprint density at radius 2 is 1.95 bits per heavy atom. The van der Waals surface area contributed by atoms with Gasteiger partial charge in [-0.25, -0.2) is 9.67 Å². The second-order valence-corrected chi connectivity index (χ2v) is 5.99. The van der Waals surface area contributed by atoms with Gasteiger partial charge in [-0.05, 0) is 38.3 Å². The molecule has 1 saturated heterocycles. The molecule has 4 rings (SSSR count). The van der Waals surface area contributed by atoms with Crippen molar-refractivity contribution < 1.29 is 4.74 Å². The van der Waals surface area contributed by atoms with Crippen molar-refractivity contribution in [2.45, 2.75) is 32.6 Å². The van der Waals surface area contributed by atoms with Crippen LogP contribution in [0.3, 0.4) is 0 Å². The average molecular weight is 296 g/mol. The molecule has 1 N–H and O–H groups in total. The third-order valence-electron chi connectivity index (χ3n) is 4.47. The summed E-state index contributed by atoms with van der Waals surface area (Å²) in [5.74, 6) is 1.53. The van der Waals surface area contributed by atoms with Gasteiger partial charge in [0, 0.05) is 19.1 Å². The minimum Gasteiger partial charge on any atom is -0.381 e. The molecule has 1 aromatic carbocycles. The third kappa shape index (κ3) is 2.13. The van der Waals surface area contributed by atoms with Crippen molar-refractivity contribution in [3.05, 3.63) is 41.3 Å². The molecule has 1 fully saturated rings. The summed E-state index contributed by atoms with van der Waals surface area (Å²) in [6, 6.07) is 8.27. The van der Waals surface area contributed by atoms with E-state index in [2.05, 4.69) is 29.1 Å². The molecule has 0 bridgehead atoms. The highest BCUT2D eigenvalue weighted by Gasteiger charge is 2.22. The molecule has 0 aliphatic carbocycles. The van der Waals surface area contributed by atoms with Crippen molar-refractivity contribution >= 4 is 11.2 Å². The molecule has 5 heteroatoms. The van der Waals surface area contributed by atoms with Crippen molar-refractivity contribution in [1.29, 1.82) is 0 Å². The number of aryl methyl sites for hydroxylation is 2. The van der Waals surface area contributed by atoms with Crippen molar-refractivity contribution in [3.8, 4) is 5.69 Å². The fourth-order valence-electron chi connectivity index (χ4n) is 3.17. The Balaban J connectivity index is 1.83. The van der Waals surface area contributed by atoms with Gasteiger partial charge in [0.1, 0.15) is 11.3 Å². The number of nitrogens with zero attached hydrogens (tertiary/aromatic N) is 3. The number of benzene rings is 1. The van der Waals surface area contributed by atoms with Crippen LogP contribution in [0, 0.1) is 13.8 Å². The van der Waals surface area contributed by atoms with Crippen LogP contribution in [0.5, 0.6) is 0 Å². The van der Waals surface area contributed by atoms with E-state index in [1.807, 2.05) is 23.7 Å². The average Bonchev–Trinajstić information content (AvgIpc) is 3.10. The number of rotatable bonds is 2. The number of imidazole rings is 1. The summed E-state index contributed by atoms with van der Waals surface area (Å²) in [4.78, 5) is 8.36. The molecule has 0 unspecified atom stereocenters. The molecule has 5 nitrogen and oxygen atoms in total. The summed E-state index contributed by atoms with van der Waals surface area (Å²) in [6.07, 6.45) is 2.07. The topological polar surface area (TPSA) is 55.7 Å². The molecule has 0 amide bonds. The van der Waals surface area contributed by atoms with E-state index in [1.165, 1.54) is 5.56 Å². The Hall–Kier alpha value is -2.14. The zero-order valence-electron chi connectivity index (χ0n) is 13.0. The van der Waals surface area contributed by atoms with Crippen molar-refractivity contribution in [3.63, 3.8) is 0 Å². The molecular formula is C17H20N4O. The fraction of sp³-hybridized carbons (Fsp3) is 0.412. The standard InChI is InChI=1S/C17H20N4O/c1-11-5-3-4-6-14(11)21-17-15(12(2)20-21)18-16(19-17)13-7-9-22-10-8-13/h3-6,13H,7-10H2,1-2H3,(H,18,19). The van der Waals surface area contributed by atoms with Crippen LogP contribution in [0.2, 0.25) is 0 Å². The third-order valence-corrected chi connectivity index (χ3v) is 4.47. The first-order chi connectivity index (χ1) is 10.7. The van der Waals surface area contributed by atoms with E-state index < -0.39 is 0 Å². The summed E-state index contributed by atoms with van der Waals surface area (Å²) < 4.78 is 7.41. The Kier molecular flexibility index (Phi) is 3.22. The molecule has 0 spiro atoms. The minimum atomic E-state index is 0.464. The summed E-state index contributed by atoms with van der Waals surface area (Å²) in [7, 11) is 0. The highest BCUT2D eigenvalue weighted by atomic mass is 16.5. The van der Waals surface area contributed by atoms with E-state index >= 15 is 0 Å².